The summed E-state index contributed by atoms with van der Waals surface area (Å²) in [6.45, 7) is 2.99. The lowest BCUT2D eigenvalue weighted by Crippen LogP contribution is -2.28. The summed E-state index contributed by atoms with van der Waals surface area (Å²) in [5.41, 5.74) is 0. The van der Waals surface area contributed by atoms with E-state index in [1.807, 2.05) is 0 Å². The van der Waals surface area contributed by atoms with Crippen molar-refractivity contribution in [3.63, 3.8) is 0 Å². The van der Waals surface area contributed by atoms with Crippen LogP contribution in [0.3, 0.4) is 0 Å². The van der Waals surface area contributed by atoms with Crippen LogP contribution in [0.2, 0.25) is 0 Å². The summed E-state index contributed by atoms with van der Waals surface area (Å²) in [5, 5.41) is 0. The average molecular weight is 206 g/mol. The lowest BCUT2D eigenvalue weighted by Gasteiger charge is -2.29. The fraction of sp³-hybridized carbons (Fsp3) is 1.00. The Balaban J connectivity index is 2.22. The first-order chi connectivity index (χ1) is 6.51. The van der Waals surface area contributed by atoms with Crippen LogP contribution in [0.25, 0.3) is 0 Å². The quantitative estimate of drug-likeness (QED) is 0.676. The van der Waals surface area contributed by atoms with Crippen LogP contribution in [-0.4, -0.2) is 12.2 Å². The SMILES string of the molecule is CCCC1CCC(OC(C)(F)F)CC1. The molecule has 1 rings (SSSR count). The molecular weight excluding hydrogens is 186 g/mol. The first kappa shape index (κ1) is 11.9. The van der Waals surface area contributed by atoms with E-state index in [1.165, 1.54) is 12.8 Å². The normalized spacial score (nSPS) is 29.1. The Morgan fingerprint density at radius 2 is 1.79 bits per heavy atom. The van der Waals surface area contributed by atoms with Crippen LogP contribution in [0.15, 0.2) is 0 Å². The van der Waals surface area contributed by atoms with Crippen LogP contribution in [0.5, 0.6) is 0 Å². The minimum absolute atomic E-state index is 0.219. The van der Waals surface area contributed by atoms with Gasteiger partial charge in [-0.25, -0.2) is 0 Å². The van der Waals surface area contributed by atoms with Crippen LogP contribution < -0.4 is 0 Å². The molecule has 0 aromatic carbocycles. The molecule has 0 saturated heterocycles. The summed E-state index contributed by atoms with van der Waals surface area (Å²) >= 11 is 0. The van der Waals surface area contributed by atoms with Gasteiger partial charge in [0.05, 0.1) is 6.10 Å². The molecule has 0 aromatic heterocycles. The zero-order chi connectivity index (χ0) is 10.6. The van der Waals surface area contributed by atoms with Gasteiger partial charge in [-0.05, 0) is 31.6 Å². The van der Waals surface area contributed by atoms with Crippen LogP contribution in [0, 0.1) is 5.92 Å². The van der Waals surface area contributed by atoms with Crippen molar-refractivity contribution in [2.45, 2.75) is 64.6 Å². The molecule has 14 heavy (non-hydrogen) atoms. The summed E-state index contributed by atoms with van der Waals surface area (Å²) < 4.78 is 29.7. The Kier molecular flexibility index (Phi) is 4.30. The van der Waals surface area contributed by atoms with Gasteiger partial charge in [0.15, 0.2) is 0 Å². The fourth-order valence-corrected chi connectivity index (χ4v) is 2.24. The molecule has 0 spiro atoms. The van der Waals surface area contributed by atoms with Crippen molar-refractivity contribution in [2.75, 3.05) is 0 Å². The molecule has 3 heteroatoms. The van der Waals surface area contributed by atoms with E-state index in [1.54, 1.807) is 0 Å². The van der Waals surface area contributed by atoms with E-state index in [0.29, 0.717) is 0 Å². The highest BCUT2D eigenvalue weighted by molar-refractivity contribution is 4.73. The number of rotatable bonds is 4. The summed E-state index contributed by atoms with van der Waals surface area (Å²) in [6.07, 6.45) is 2.95. The van der Waals surface area contributed by atoms with Gasteiger partial charge < -0.3 is 4.74 Å². The predicted molar refractivity (Wildman–Crippen MR) is 52.4 cm³/mol. The van der Waals surface area contributed by atoms with Crippen molar-refractivity contribution in [3.05, 3.63) is 0 Å². The fourth-order valence-electron chi connectivity index (χ4n) is 2.24. The lowest BCUT2D eigenvalue weighted by atomic mass is 9.85. The first-order valence-corrected chi connectivity index (χ1v) is 5.57. The minimum atomic E-state index is -2.96. The molecule has 0 heterocycles. The third-order valence-electron chi connectivity index (χ3n) is 2.86. The number of hydrogen-bond donors (Lipinski definition) is 0. The second-order valence-corrected chi connectivity index (χ2v) is 4.36. The second-order valence-electron chi connectivity index (χ2n) is 4.36. The van der Waals surface area contributed by atoms with Gasteiger partial charge in [0.25, 0.3) is 0 Å². The molecule has 0 atom stereocenters. The molecule has 0 N–H and O–H groups in total. The highest BCUT2D eigenvalue weighted by Gasteiger charge is 2.30. The minimum Gasteiger partial charge on any atom is -0.317 e. The van der Waals surface area contributed by atoms with Crippen molar-refractivity contribution in [3.8, 4) is 0 Å². The van der Waals surface area contributed by atoms with Gasteiger partial charge in [-0.2, -0.15) is 8.78 Å². The molecule has 1 nitrogen and oxygen atoms in total. The number of hydrogen-bond acceptors (Lipinski definition) is 1. The first-order valence-electron chi connectivity index (χ1n) is 5.57. The molecule has 0 amide bonds. The highest BCUT2D eigenvalue weighted by Crippen LogP contribution is 2.31. The molecule has 1 aliphatic rings. The van der Waals surface area contributed by atoms with E-state index in [0.717, 1.165) is 38.5 Å². The maximum Gasteiger partial charge on any atom is 0.353 e. The topological polar surface area (TPSA) is 9.23 Å². The summed E-state index contributed by atoms with van der Waals surface area (Å²) in [6, 6.07) is 0. The molecule has 0 radical (unpaired) electrons. The Labute approximate surface area is 84.8 Å². The predicted octanol–water partition coefficient (Wildman–Crippen LogP) is 3.97. The van der Waals surface area contributed by atoms with Crippen molar-refractivity contribution in [2.24, 2.45) is 5.92 Å². The molecule has 1 fully saturated rings. The third-order valence-corrected chi connectivity index (χ3v) is 2.86. The van der Waals surface area contributed by atoms with Crippen LogP contribution in [-0.2, 0) is 4.74 Å². The van der Waals surface area contributed by atoms with Gasteiger partial charge in [-0.1, -0.05) is 19.8 Å². The van der Waals surface area contributed by atoms with Crippen LogP contribution >= 0.6 is 0 Å². The molecule has 84 valence electrons. The largest absolute Gasteiger partial charge is 0.353 e. The Morgan fingerprint density at radius 1 is 1.21 bits per heavy atom. The van der Waals surface area contributed by atoms with Gasteiger partial charge in [-0.3, -0.25) is 0 Å². The third kappa shape index (κ3) is 4.36. The molecule has 1 saturated carbocycles. The van der Waals surface area contributed by atoms with E-state index in [9.17, 15) is 8.78 Å². The van der Waals surface area contributed by atoms with Crippen molar-refractivity contribution in [1.29, 1.82) is 0 Å². The van der Waals surface area contributed by atoms with E-state index >= 15 is 0 Å². The van der Waals surface area contributed by atoms with Gasteiger partial charge in [-0.15, -0.1) is 0 Å². The van der Waals surface area contributed by atoms with E-state index < -0.39 is 6.11 Å². The monoisotopic (exact) mass is 206 g/mol. The summed E-state index contributed by atoms with van der Waals surface area (Å²) in [5.74, 6) is 0.741. The van der Waals surface area contributed by atoms with Crippen molar-refractivity contribution in [1.82, 2.24) is 0 Å². The Bertz CT molecular complexity index is 157. The maximum atomic E-state index is 12.5. The van der Waals surface area contributed by atoms with Gasteiger partial charge in [0.1, 0.15) is 0 Å². The van der Waals surface area contributed by atoms with E-state index in [2.05, 4.69) is 11.7 Å². The molecule has 0 bridgehead atoms. The van der Waals surface area contributed by atoms with Gasteiger partial charge in [0, 0.05) is 6.92 Å². The molecule has 0 aromatic rings. The molecular formula is C11H20F2O. The average Bonchev–Trinajstić information content (AvgIpc) is 2.06. The van der Waals surface area contributed by atoms with Gasteiger partial charge >= 0.3 is 6.11 Å². The summed E-state index contributed by atoms with van der Waals surface area (Å²) in [4.78, 5) is 0. The number of alkyl halides is 2. The number of halogens is 2. The van der Waals surface area contributed by atoms with E-state index in [-0.39, 0.29) is 6.10 Å². The maximum absolute atomic E-state index is 12.5. The van der Waals surface area contributed by atoms with Crippen LogP contribution in [0.1, 0.15) is 52.4 Å². The molecule has 0 aliphatic heterocycles. The second kappa shape index (κ2) is 5.06. The highest BCUT2D eigenvalue weighted by atomic mass is 19.3. The van der Waals surface area contributed by atoms with Crippen LogP contribution in [0.4, 0.5) is 8.78 Å². The zero-order valence-electron chi connectivity index (χ0n) is 9.06. The standard InChI is InChI=1S/C11H20F2O/c1-3-4-9-5-7-10(8-6-9)14-11(2,12)13/h9-10H,3-8H2,1-2H3. The number of ether oxygens (including phenoxy) is 1. The van der Waals surface area contributed by atoms with Crippen molar-refractivity contribution < 1.29 is 13.5 Å². The zero-order valence-corrected chi connectivity index (χ0v) is 9.06. The summed E-state index contributed by atoms with van der Waals surface area (Å²) in [7, 11) is 0. The van der Waals surface area contributed by atoms with E-state index in [4.69, 9.17) is 0 Å². The molecule has 1 aliphatic carbocycles. The van der Waals surface area contributed by atoms with Gasteiger partial charge in [0.2, 0.25) is 0 Å². The lowest BCUT2D eigenvalue weighted by molar-refractivity contribution is -0.255. The Hall–Kier alpha value is -0.180. The smallest absolute Gasteiger partial charge is 0.317 e. The van der Waals surface area contributed by atoms with Crippen molar-refractivity contribution >= 4 is 0 Å². The Morgan fingerprint density at radius 3 is 2.21 bits per heavy atom. The molecule has 0 unspecified atom stereocenters.